The average Bonchev–Trinajstić information content (AvgIpc) is 3.47. The molecule has 0 amide bonds. The first-order valence-electron chi connectivity index (χ1n) is 24.7. The molecule has 7 heterocycles. The van der Waals surface area contributed by atoms with E-state index in [1.165, 1.54) is 0 Å². The number of ether oxygens (including phenoxy) is 13. The summed E-state index contributed by atoms with van der Waals surface area (Å²) in [5.41, 5.74) is 0. The van der Waals surface area contributed by atoms with Crippen LogP contribution >= 0.6 is 0 Å². The maximum absolute atomic E-state index is 11.7. The minimum atomic E-state index is -2.33. The number of hydrogen-bond donors (Lipinski definition) is 23. The van der Waals surface area contributed by atoms with Gasteiger partial charge in [-0.2, -0.15) is 0 Å². The molecular formula is C42H72O36. The molecule has 0 aromatic carbocycles. The van der Waals surface area contributed by atoms with E-state index in [1.807, 2.05) is 0 Å². The smallest absolute Gasteiger partial charge is 0.187 e. The van der Waals surface area contributed by atoms with Gasteiger partial charge >= 0.3 is 0 Å². The Morgan fingerprint density at radius 1 is 0.218 bits per heavy atom. The normalized spacial score (nSPS) is 53.5. The lowest BCUT2D eigenvalue weighted by Gasteiger charge is -2.49. The van der Waals surface area contributed by atoms with Gasteiger partial charge in [0.05, 0.1) is 46.2 Å². The second-order valence-electron chi connectivity index (χ2n) is 19.6. The minimum Gasteiger partial charge on any atom is -0.394 e. The van der Waals surface area contributed by atoms with Crippen molar-refractivity contribution in [2.24, 2.45) is 0 Å². The fourth-order valence-corrected chi connectivity index (χ4v) is 9.72. The van der Waals surface area contributed by atoms with Gasteiger partial charge in [-0.1, -0.05) is 0 Å². The van der Waals surface area contributed by atoms with Crippen LogP contribution in [0.2, 0.25) is 0 Å². The van der Waals surface area contributed by atoms with Crippen LogP contribution in [0.5, 0.6) is 0 Å². The van der Waals surface area contributed by atoms with E-state index < -0.39 is 261 Å². The number of aliphatic hydroxyl groups excluding tert-OH is 23. The highest BCUT2D eigenvalue weighted by Crippen LogP contribution is 2.36. The third-order valence-corrected chi connectivity index (χ3v) is 14.5. The van der Waals surface area contributed by atoms with E-state index in [2.05, 4.69) is 0 Å². The van der Waals surface area contributed by atoms with Gasteiger partial charge in [-0.15, -0.1) is 0 Å². The van der Waals surface area contributed by atoms with Gasteiger partial charge in [0, 0.05) is 0 Å². The molecule has 7 aliphatic heterocycles. The summed E-state index contributed by atoms with van der Waals surface area (Å²) in [6, 6.07) is 0. The monoisotopic (exact) mass is 1150 g/mol. The van der Waals surface area contributed by atoms with Crippen LogP contribution in [0.25, 0.3) is 0 Å². The van der Waals surface area contributed by atoms with Crippen LogP contribution in [0.15, 0.2) is 0 Å². The van der Waals surface area contributed by atoms with E-state index >= 15 is 0 Å². The second-order valence-corrected chi connectivity index (χ2v) is 19.6. The van der Waals surface area contributed by atoms with Crippen molar-refractivity contribution in [3.63, 3.8) is 0 Å². The molecule has 78 heavy (non-hydrogen) atoms. The van der Waals surface area contributed by atoms with Gasteiger partial charge in [0.1, 0.15) is 171 Å². The molecule has 7 saturated heterocycles. The predicted octanol–water partition coefficient (Wildman–Crippen LogP) is -16.3. The van der Waals surface area contributed by atoms with Gasteiger partial charge in [-0.25, -0.2) is 0 Å². The Balaban J connectivity index is 1.12. The molecule has 0 radical (unpaired) electrons. The lowest BCUT2D eigenvalue weighted by atomic mass is 9.96. The van der Waals surface area contributed by atoms with Crippen molar-refractivity contribution in [3.8, 4) is 0 Å². The summed E-state index contributed by atoms with van der Waals surface area (Å²) in [6.07, 6.45) is -69.6. The van der Waals surface area contributed by atoms with Crippen LogP contribution in [0.1, 0.15) is 0 Å². The van der Waals surface area contributed by atoms with E-state index in [9.17, 15) is 117 Å². The molecule has 23 N–H and O–H groups in total. The molecule has 7 fully saturated rings. The Hall–Kier alpha value is -1.44. The maximum Gasteiger partial charge on any atom is 0.187 e. The van der Waals surface area contributed by atoms with Crippen LogP contribution in [0.3, 0.4) is 0 Å². The number of aliphatic hydroxyl groups is 23. The van der Waals surface area contributed by atoms with Gasteiger partial charge in [0.2, 0.25) is 0 Å². The summed E-state index contributed by atoms with van der Waals surface area (Å²) in [6.45, 7) is -6.68. The van der Waals surface area contributed by atoms with Crippen LogP contribution < -0.4 is 0 Å². The van der Waals surface area contributed by atoms with Crippen LogP contribution in [0.4, 0.5) is 0 Å². The van der Waals surface area contributed by atoms with Crippen molar-refractivity contribution >= 4 is 0 Å². The third kappa shape index (κ3) is 13.2. The number of rotatable bonds is 19. The zero-order valence-corrected chi connectivity index (χ0v) is 40.8. The highest BCUT2D eigenvalue weighted by molar-refractivity contribution is 4.99. The Labute approximate surface area is 439 Å². The zero-order valence-electron chi connectivity index (χ0n) is 40.8. The minimum absolute atomic E-state index is 0.899. The molecule has 36 heteroatoms. The summed E-state index contributed by atoms with van der Waals surface area (Å²) in [4.78, 5) is 0. The first kappa shape index (κ1) is 64.1. The van der Waals surface area contributed by atoms with Crippen LogP contribution in [-0.2, 0) is 61.6 Å². The maximum atomic E-state index is 11.7. The van der Waals surface area contributed by atoms with Crippen molar-refractivity contribution in [1.29, 1.82) is 0 Å². The van der Waals surface area contributed by atoms with Gasteiger partial charge in [0.25, 0.3) is 0 Å². The largest absolute Gasteiger partial charge is 0.394 e. The van der Waals surface area contributed by atoms with E-state index in [4.69, 9.17) is 61.6 Å². The average molecular weight is 1150 g/mol. The van der Waals surface area contributed by atoms with Crippen LogP contribution in [0, 0.1) is 0 Å². The Morgan fingerprint density at radius 3 is 0.808 bits per heavy atom. The standard InChI is InChI=1S/C42H72O36/c43-1-8-15(48)22(55)28(61)37(69-8)76-33-25(58)18(51)11(4-46)72-40(33)66-6-13-20(53)27(60)35(78-39-30(63)24(57)17(50)10(3-45)71-39)42(74-13)75-32-21(54)14(68-36(65)31(32)64)7-67-41-34(26(59)19(52)12(5-47)73-41)77-38-29(62)23(56)16(49)9(2-44)70-38/h8-65H,1-7H2/t8-,9-,10-,11-,12-,13-,14-,15+,16-,17+,18+,19-,20+,21-,22+,23+,24+,25+,26+,27+,28-,29+,30-,31+,32+,33-,34+,35-,36+,37-,38-,39-,40+,41+,42-/m1/s1. The van der Waals surface area contributed by atoms with Crippen molar-refractivity contribution in [2.75, 3.05) is 46.2 Å². The fraction of sp³-hybridized carbons (Fsp3) is 1.00. The predicted molar refractivity (Wildman–Crippen MR) is 232 cm³/mol. The first-order chi connectivity index (χ1) is 36.9. The van der Waals surface area contributed by atoms with E-state index in [0.29, 0.717) is 0 Å². The third-order valence-electron chi connectivity index (χ3n) is 14.5. The van der Waals surface area contributed by atoms with Crippen molar-refractivity contribution < 1.29 is 179 Å². The summed E-state index contributed by atoms with van der Waals surface area (Å²) in [7, 11) is 0. The fourth-order valence-electron chi connectivity index (χ4n) is 9.72. The van der Waals surface area contributed by atoms with Gasteiger partial charge in [-0.05, 0) is 0 Å². The summed E-state index contributed by atoms with van der Waals surface area (Å²) in [5, 5.41) is 244. The molecule has 7 rings (SSSR count). The van der Waals surface area contributed by atoms with Gasteiger partial charge < -0.3 is 179 Å². The van der Waals surface area contributed by atoms with Gasteiger partial charge in [0.15, 0.2) is 44.0 Å². The topological polar surface area (TPSA) is 585 Å². The summed E-state index contributed by atoms with van der Waals surface area (Å²) >= 11 is 0. The van der Waals surface area contributed by atoms with Crippen LogP contribution in [-0.4, -0.2) is 379 Å². The molecule has 0 spiro atoms. The SMILES string of the molecule is OC[C@H]1O[C@H](O[C@H]2[C@@H](OC[C@H]3O[C@H](O[C@@H]4[C@H](O)[C@@H](O)O[C@H](CO[C@H]5O[C@H](CO)[C@@H](O)[C@H](O)[C@@H]5O[C@H]5O[C@H](CO)[C@@H](O)[C@H](O)[C@@H]5O)[C@H]4O)[C@H](O[C@H]4O[C@H](CO)[C@H](O)[C@H](O)[C@H]4O)[C@@H](O)[C@H]3O)O[C@H](CO)[C@H](O)[C@@H]2O)[C@H](O)[C@@H](O)[C@H]1O. The number of hydrogen-bond acceptors (Lipinski definition) is 36. The van der Waals surface area contributed by atoms with E-state index in [-0.39, 0.29) is 0 Å². The highest BCUT2D eigenvalue weighted by atomic mass is 16.8. The lowest BCUT2D eigenvalue weighted by molar-refractivity contribution is -0.396. The molecular weight excluding hydrogens is 1080 g/mol. The van der Waals surface area contributed by atoms with Crippen molar-refractivity contribution in [2.45, 2.75) is 215 Å². The zero-order chi connectivity index (χ0) is 57.3. The molecule has 0 aromatic rings. The van der Waals surface area contributed by atoms with Crippen molar-refractivity contribution in [3.05, 3.63) is 0 Å². The Kier molecular flexibility index (Phi) is 22.6. The molecule has 0 unspecified atom stereocenters. The lowest BCUT2D eigenvalue weighted by Crippen LogP contribution is -2.67. The Bertz CT molecular complexity index is 1810. The molecule has 7 aliphatic rings. The molecule has 36 nitrogen and oxygen atoms in total. The molecule has 456 valence electrons. The Morgan fingerprint density at radius 2 is 0.474 bits per heavy atom. The van der Waals surface area contributed by atoms with Crippen molar-refractivity contribution in [1.82, 2.24) is 0 Å². The summed E-state index contributed by atoms with van der Waals surface area (Å²) < 4.78 is 73.1. The van der Waals surface area contributed by atoms with Gasteiger partial charge in [-0.3, -0.25) is 0 Å². The molecule has 35 atom stereocenters. The first-order valence-corrected chi connectivity index (χ1v) is 24.7. The quantitative estimate of drug-likeness (QED) is 0.0571. The molecule has 0 aliphatic carbocycles. The molecule has 0 aromatic heterocycles. The summed E-state index contributed by atoms with van der Waals surface area (Å²) in [5.74, 6) is 0. The van der Waals surface area contributed by atoms with E-state index in [1.54, 1.807) is 0 Å². The molecule has 0 saturated carbocycles. The van der Waals surface area contributed by atoms with E-state index in [0.717, 1.165) is 0 Å². The molecule has 0 bridgehead atoms. The highest BCUT2D eigenvalue weighted by Gasteiger charge is 2.57. The second kappa shape index (κ2) is 27.5.